The summed E-state index contributed by atoms with van der Waals surface area (Å²) in [5.41, 5.74) is 0. The van der Waals surface area contributed by atoms with Crippen molar-refractivity contribution >= 4 is 16.9 Å². The maximum absolute atomic E-state index is 4.99. The van der Waals surface area contributed by atoms with Gasteiger partial charge in [0.2, 0.25) is 0 Å². The minimum Gasteiger partial charge on any atom is -0.360 e. The Balaban J connectivity index is 3.64. The second-order valence-corrected chi connectivity index (χ2v) is 2.81. The van der Waals surface area contributed by atoms with Gasteiger partial charge >= 0.3 is 0 Å². The van der Waals surface area contributed by atoms with Gasteiger partial charge in [-0.25, -0.2) is 0 Å². The van der Waals surface area contributed by atoms with Crippen LogP contribution in [0, 0.1) is 0 Å². The summed E-state index contributed by atoms with van der Waals surface area (Å²) in [6.07, 6.45) is 1.75. The number of hydrogen-bond acceptors (Lipinski definition) is 4. The van der Waals surface area contributed by atoms with E-state index in [-0.39, 0.29) is 6.29 Å². The smallest absolute Gasteiger partial charge is 0.174 e. The van der Waals surface area contributed by atoms with E-state index in [1.165, 1.54) is 0 Å². The molecule has 0 aromatic rings. The maximum Gasteiger partial charge on any atom is 0.174 e. The maximum atomic E-state index is 4.99. The molecule has 0 fully saturated rings. The highest BCUT2D eigenvalue weighted by molar-refractivity contribution is 8.13. The van der Waals surface area contributed by atoms with Gasteiger partial charge in [-0.15, -0.1) is 0 Å². The first-order valence-corrected chi connectivity index (χ1v) is 4.81. The molecule has 5 heteroatoms. The molecular formula is C7H16N2O2S. The molecule has 0 heterocycles. The van der Waals surface area contributed by atoms with Gasteiger partial charge in [0.25, 0.3) is 0 Å². The van der Waals surface area contributed by atoms with E-state index < -0.39 is 0 Å². The number of rotatable bonds is 4. The molecule has 1 N–H and O–H groups in total. The Hall–Kier alpha value is -0.260. The third-order valence-electron chi connectivity index (χ3n) is 1.34. The van der Waals surface area contributed by atoms with Crippen molar-refractivity contribution in [2.24, 2.45) is 4.99 Å². The first kappa shape index (κ1) is 11.7. The van der Waals surface area contributed by atoms with E-state index in [4.69, 9.17) is 9.47 Å². The van der Waals surface area contributed by atoms with E-state index in [0.717, 1.165) is 5.17 Å². The monoisotopic (exact) mass is 192 g/mol. The van der Waals surface area contributed by atoms with Crippen LogP contribution < -0.4 is 5.32 Å². The van der Waals surface area contributed by atoms with Crippen LogP contribution in [0.15, 0.2) is 4.99 Å². The van der Waals surface area contributed by atoms with Crippen molar-refractivity contribution in [1.82, 2.24) is 5.32 Å². The van der Waals surface area contributed by atoms with Crippen LogP contribution in [-0.2, 0) is 9.47 Å². The summed E-state index contributed by atoms with van der Waals surface area (Å²) in [7, 11) is 4.96. The molecule has 72 valence electrons. The lowest BCUT2D eigenvalue weighted by Gasteiger charge is -2.14. The summed E-state index contributed by atoms with van der Waals surface area (Å²) in [6, 6.07) is 0. The Morgan fingerprint density at radius 2 is 2.08 bits per heavy atom. The molecule has 0 bridgehead atoms. The fraction of sp³-hybridized carbons (Fsp3) is 0.857. The van der Waals surface area contributed by atoms with Crippen molar-refractivity contribution in [3.63, 3.8) is 0 Å². The van der Waals surface area contributed by atoms with Crippen LogP contribution in [0.5, 0.6) is 0 Å². The summed E-state index contributed by atoms with van der Waals surface area (Å²) in [5.74, 6) is 0. The van der Waals surface area contributed by atoms with Crippen LogP contribution in [0.4, 0.5) is 0 Å². The van der Waals surface area contributed by atoms with Crippen molar-refractivity contribution in [2.75, 3.05) is 34.1 Å². The zero-order valence-corrected chi connectivity index (χ0v) is 8.77. The predicted octanol–water partition coefficient (Wildman–Crippen LogP) is 0.544. The second-order valence-electron chi connectivity index (χ2n) is 2.01. The average molecular weight is 192 g/mol. The largest absolute Gasteiger partial charge is 0.360 e. The third-order valence-corrected chi connectivity index (χ3v) is 2.06. The van der Waals surface area contributed by atoms with Crippen molar-refractivity contribution in [1.29, 1.82) is 0 Å². The van der Waals surface area contributed by atoms with Crippen LogP contribution >= 0.6 is 11.8 Å². The highest BCUT2D eigenvalue weighted by Crippen LogP contribution is 1.95. The zero-order valence-electron chi connectivity index (χ0n) is 7.96. The molecule has 0 aliphatic carbocycles. The lowest BCUT2D eigenvalue weighted by atomic mass is 10.6. The topological polar surface area (TPSA) is 42.9 Å². The molecule has 0 aromatic carbocycles. The molecule has 4 nitrogen and oxygen atoms in total. The summed E-state index contributed by atoms with van der Waals surface area (Å²) in [5, 5.41) is 3.97. The quantitative estimate of drug-likeness (QED) is 0.401. The minimum absolute atomic E-state index is 0.214. The average Bonchev–Trinajstić information content (AvgIpc) is 2.13. The lowest BCUT2D eigenvalue weighted by Crippen LogP contribution is -2.32. The molecule has 0 saturated carbocycles. The molecule has 0 rings (SSSR count). The Bertz CT molecular complexity index is 137. The van der Waals surface area contributed by atoms with Gasteiger partial charge in [0, 0.05) is 21.3 Å². The first-order valence-electron chi connectivity index (χ1n) is 3.58. The van der Waals surface area contributed by atoms with Crippen LogP contribution in [0.2, 0.25) is 0 Å². The number of aliphatic imine (C=N–C) groups is 1. The molecule has 0 aromatic heterocycles. The molecule has 0 spiro atoms. The predicted molar refractivity (Wildman–Crippen MR) is 52.7 cm³/mol. The van der Waals surface area contributed by atoms with Crippen molar-refractivity contribution in [2.45, 2.75) is 6.29 Å². The molecule has 0 aliphatic rings. The molecule has 0 amide bonds. The SMILES string of the molecule is C/N=C(/NCC(OC)OC)SC. The van der Waals surface area contributed by atoms with Gasteiger partial charge in [0.1, 0.15) is 0 Å². The number of nitrogens with one attached hydrogen (secondary N) is 1. The van der Waals surface area contributed by atoms with E-state index >= 15 is 0 Å². The molecule has 0 unspecified atom stereocenters. The normalized spacial score (nSPS) is 12.2. The number of amidine groups is 1. The Morgan fingerprint density at radius 3 is 2.42 bits per heavy atom. The van der Waals surface area contributed by atoms with E-state index in [1.807, 2.05) is 6.26 Å². The van der Waals surface area contributed by atoms with E-state index in [9.17, 15) is 0 Å². The molecule has 0 saturated heterocycles. The molecule has 0 aliphatic heterocycles. The van der Waals surface area contributed by atoms with E-state index in [1.54, 1.807) is 33.0 Å². The Morgan fingerprint density at radius 1 is 1.50 bits per heavy atom. The summed E-state index contributed by atoms with van der Waals surface area (Å²) in [6.45, 7) is 0.612. The first-order chi connectivity index (χ1) is 5.78. The third kappa shape index (κ3) is 4.58. The van der Waals surface area contributed by atoms with E-state index in [0.29, 0.717) is 6.54 Å². The Labute approximate surface area is 77.7 Å². The number of nitrogens with zero attached hydrogens (tertiary/aromatic N) is 1. The van der Waals surface area contributed by atoms with Gasteiger partial charge in [0.15, 0.2) is 11.5 Å². The van der Waals surface area contributed by atoms with Gasteiger partial charge in [-0.1, -0.05) is 11.8 Å². The minimum atomic E-state index is -0.214. The Kier molecular flexibility index (Phi) is 7.23. The van der Waals surface area contributed by atoms with Crippen molar-refractivity contribution < 1.29 is 9.47 Å². The fourth-order valence-corrected chi connectivity index (χ4v) is 1.09. The molecule has 0 radical (unpaired) electrons. The number of methoxy groups -OCH3 is 2. The van der Waals surface area contributed by atoms with Crippen LogP contribution in [-0.4, -0.2) is 45.5 Å². The lowest BCUT2D eigenvalue weighted by molar-refractivity contribution is -0.0964. The van der Waals surface area contributed by atoms with Crippen LogP contribution in [0.3, 0.4) is 0 Å². The molecule has 0 atom stereocenters. The molecular weight excluding hydrogens is 176 g/mol. The summed E-state index contributed by atoms with van der Waals surface area (Å²) in [4.78, 5) is 4.00. The van der Waals surface area contributed by atoms with Gasteiger partial charge in [-0.3, -0.25) is 4.99 Å². The van der Waals surface area contributed by atoms with Crippen molar-refractivity contribution in [3.05, 3.63) is 0 Å². The summed E-state index contributed by atoms with van der Waals surface area (Å²) >= 11 is 1.56. The number of hydrogen-bond donors (Lipinski definition) is 1. The number of thioether (sulfide) groups is 1. The van der Waals surface area contributed by atoms with Gasteiger partial charge in [-0.05, 0) is 6.26 Å². The van der Waals surface area contributed by atoms with Gasteiger partial charge in [-0.2, -0.15) is 0 Å². The number of ether oxygens (including phenoxy) is 2. The molecule has 12 heavy (non-hydrogen) atoms. The van der Waals surface area contributed by atoms with Crippen LogP contribution in [0.25, 0.3) is 0 Å². The zero-order chi connectivity index (χ0) is 9.40. The van der Waals surface area contributed by atoms with Gasteiger partial charge in [0.05, 0.1) is 6.54 Å². The van der Waals surface area contributed by atoms with E-state index in [2.05, 4.69) is 10.3 Å². The van der Waals surface area contributed by atoms with Gasteiger partial charge < -0.3 is 14.8 Å². The highest BCUT2D eigenvalue weighted by atomic mass is 32.2. The standard InChI is InChI=1S/C7H16N2O2S/c1-8-7(12-4)9-5-6(10-2)11-3/h6H,5H2,1-4H3,(H,8,9). The van der Waals surface area contributed by atoms with Crippen molar-refractivity contribution in [3.8, 4) is 0 Å². The fourth-order valence-electron chi connectivity index (χ4n) is 0.676. The van der Waals surface area contributed by atoms with Crippen LogP contribution in [0.1, 0.15) is 0 Å². The summed E-state index contributed by atoms with van der Waals surface area (Å²) < 4.78 is 9.98. The highest BCUT2D eigenvalue weighted by Gasteiger charge is 2.04. The second kappa shape index (κ2) is 7.39.